The number of halogens is 2. The first kappa shape index (κ1) is 17.4. The van der Waals surface area contributed by atoms with Crippen molar-refractivity contribution in [3.05, 3.63) is 27.7 Å². The first-order valence-corrected chi connectivity index (χ1v) is 8.61. The molecule has 1 aromatic rings. The number of carbonyl (C=O) groups is 1. The number of rotatable bonds is 3. The molecule has 0 radical (unpaired) electrons. The van der Waals surface area contributed by atoms with Crippen LogP contribution in [0.1, 0.15) is 40.0 Å². The highest BCUT2D eigenvalue weighted by Gasteiger charge is 2.27. The van der Waals surface area contributed by atoms with E-state index in [1.54, 1.807) is 0 Å². The maximum Gasteiger partial charge on any atom is 0.407 e. The van der Waals surface area contributed by atoms with Crippen molar-refractivity contribution < 1.29 is 9.53 Å². The number of hydrogen-bond donors (Lipinski definition) is 2. The number of ether oxygens (including phenoxy) is 1. The standard InChI is InChI=1S/C16H22BrClN2O2/c1-16(2,3)22-15(21)20-12-6-5-11(9-12)19-14-8-10(18)4-7-13(14)17/h4,7-8,11-12,19H,5-6,9H2,1-3H3,(H,20,21). The molecule has 0 bridgehead atoms. The second-order valence-electron chi connectivity index (χ2n) is 6.62. The number of nitrogens with one attached hydrogen (secondary N) is 2. The lowest BCUT2D eigenvalue weighted by Gasteiger charge is -2.22. The van der Waals surface area contributed by atoms with Gasteiger partial charge in [0.05, 0.1) is 5.69 Å². The molecule has 1 saturated carbocycles. The molecule has 0 saturated heterocycles. The molecule has 2 N–H and O–H groups in total. The zero-order valence-corrected chi connectivity index (χ0v) is 15.4. The molecule has 1 aliphatic carbocycles. The lowest BCUT2D eigenvalue weighted by atomic mass is 10.2. The predicted octanol–water partition coefficient (Wildman–Crippen LogP) is 4.96. The fourth-order valence-electron chi connectivity index (χ4n) is 2.55. The van der Waals surface area contributed by atoms with Crippen LogP contribution in [0.3, 0.4) is 0 Å². The summed E-state index contributed by atoms with van der Waals surface area (Å²) in [6.07, 6.45) is 2.47. The molecule has 1 fully saturated rings. The van der Waals surface area contributed by atoms with Crippen molar-refractivity contribution in [3.63, 3.8) is 0 Å². The summed E-state index contributed by atoms with van der Waals surface area (Å²) in [6, 6.07) is 6.13. The van der Waals surface area contributed by atoms with E-state index in [0.29, 0.717) is 11.1 Å². The van der Waals surface area contributed by atoms with E-state index in [1.807, 2.05) is 39.0 Å². The number of amides is 1. The summed E-state index contributed by atoms with van der Waals surface area (Å²) < 4.78 is 6.28. The highest BCUT2D eigenvalue weighted by atomic mass is 79.9. The van der Waals surface area contributed by atoms with Crippen LogP contribution in [-0.2, 0) is 4.74 Å². The van der Waals surface area contributed by atoms with Crippen molar-refractivity contribution in [1.29, 1.82) is 0 Å². The number of alkyl carbamates (subject to hydrolysis) is 1. The van der Waals surface area contributed by atoms with Crippen molar-refractivity contribution in [1.82, 2.24) is 5.32 Å². The van der Waals surface area contributed by atoms with Gasteiger partial charge in [-0.2, -0.15) is 0 Å². The molecule has 0 aliphatic heterocycles. The number of anilines is 1. The highest BCUT2D eigenvalue weighted by Crippen LogP contribution is 2.30. The van der Waals surface area contributed by atoms with Gasteiger partial charge < -0.3 is 15.4 Å². The number of benzene rings is 1. The van der Waals surface area contributed by atoms with Crippen LogP contribution in [0.15, 0.2) is 22.7 Å². The van der Waals surface area contributed by atoms with Gasteiger partial charge in [0.25, 0.3) is 0 Å². The Bertz CT molecular complexity index is 545. The molecule has 122 valence electrons. The summed E-state index contributed by atoms with van der Waals surface area (Å²) in [5, 5.41) is 7.12. The number of carbonyl (C=O) groups excluding carboxylic acids is 1. The highest BCUT2D eigenvalue weighted by molar-refractivity contribution is 9.10. The molecule has 1 aliphatic rings. The van der Waals surface area contributed by atoms with Gasteiger partial charge in [0.1, 0.15) is 5.60 Å². The molecule has 0 aromatic heterocycles. The van der Waals surface area contributed by atoms with Gasteiger partial charge in [-0.25, -0.2) is 4.79 Å². The molecule has 6 heteroatoms. The average molecular weight is 390 g/mol. The summed E-state index contributed by atoms with van der Waals surface area (Å²) in [5.74, 6) is 0. The third-order valence-electron chi connectivity index (χ3n) is 3.44. The van der Waals surface area contributed by atoms with E-state index in [9.17, 15) is 4.79 Å². The molecule has 2 unspecified atom stereocenters. The maximum absolute atomic E-state index is 11.8. The Hall–Kier alpha value is -0.940. The van der Waals surface area contributed by atoms with Crippen molar-refractivity contribution in [2.75, 3.05) is 5.32 Å². The van der Waals surface area contributed by atoms with Crippen molar-refractivity contribution >= 4 is 39.3 Å². The van der Waals surface area contributed by atoms with Crippen LogP contribution in [-0.4, -0.2) is 23.8 Å². The lowest BCUT2D eigenvalue weighted by Crippen LogP contribution is -2.38. The lowest BCUT2D eigenvalue weighted by molar-refractivity contribution is 0.0505. The fourth-order valence-corrected chi connectivity index (χ4v) is 3.08. The summed E-state index contributed by atoms with van der Waals surface area (Å²) in [5.41, 5.74) is 0.516. The summed E-state index contributed by atoms with van der Waals surface area (Å²) in [4.78, 5) is 11.8. The van der Waals surface area contributed by atoms with E-state index in [1.165, 1.54) is 0 Å². The SMILES string of the molecule is CC(C)(C)OC(=O)NC1CCC(Nc2cc(Cl)ccc2Br)C1. The quantitative estimate of drug-likeness (QED) is 0.768. The van der Waals surface area contributed by atoms with Gasteiger partial charge in [0.15, 0.2) is 0 Å². The summed E-state index contributed by atoms with van der Waals surface area (Å²) in [6.45, 7) is 5.59. The van der Waals surface area contributed by atoms with Crippen molar-refractivity contribution in [2.45, 2.75) is 57.7 Å². The molecule has 4 nitrogen and oxygen atoms in total. The van der Waals surface area contributed by atoms with Crippen LogP contribution >= 0.6 is 27.5 Å². The van der Waals surface area contributed by atoms with Gasteiger partial charge in [0.2, 0.25) is 0 Å². The molecular formula is C16H22BrClN2O2. The zero-order valence-electron chi connectivity index (χ0n) is 13.1. The predicted molar refractivity (Wildman–Crippen MR) is 93.6 cm³/mol. The van der Waals surface area contributed by atoms with Crippen LogP contribution in [0.4, 0.5) is 10.5 Å². The first-order valence-electron chi connectivity index (χ1n) is 7.44. The van der Waals surface area contributed by atoms with E-state index in [0.717, 1.165) is 29.4 Å². The molecule has 2 rings (SSSR count). The van der Waals surface area contributed by atoms with E-state index < -0.39 is 5.60 Å². The topological polar surface area (TPSA) is 50.4 Å². The van der Waals surface area contributed by atoms with Gasteiger partial charge in [-0.3, -0.25) is 0 Å². The van der Waals surface area contributed by atoms with E-state index in [2.05, 4.69) is 26.6 Å². The zero-order chi connectivity index (χ0) is 16.3. The minimum atomic E-state index is -0.466. The van der Waals surface area contributed by atoms with Crippen LogP contribution in [0, 0.1) is 0 Å². The van der Waals surface area contributed by atoms with Gasteiger partial charge in [-0.1, -0.05) is 11.6 Å². The fraction of sp³-hybridized carbons (Fsp3) is 0.562. The first-order chi connectivity index (χ1) is 10.2. The summed E-state index contributed by atoms with van der Waals surface area (Å²) in [7, 11) is 0. The Kier molecular flexibility index (Phi) is 5.61. The average Bonchev–Trinajstić information content (AvgIpc) is 2.78. The largest absolute Gasteiger partial charge is 0.444 e. The van der Waals surface area contributed by atoms with Crippen LogP contribution in [0.5, 0.6) is 0 Å². The minimum Gasteiger partial charge on any atom is -0.444 e. The van der Waals surface area contributed by atoms with Gasteiger partial charge in [-0.05, 0) is 74.2 Å². The normalized spacial score (nSPS) is 21.5. The van der Waals surface area contributed by atoms with Gasteiger partial charge in [0, 0.05) is 21.6 Å². The molecule has 22 heavy (non-hydrogen) atoms. The van der Waals surface area contributed by atoms with Crippen LogP contribution in [0.25, 0.3) is 0 Å². The van der Waals surface area contributed by atoms with Gasteiger partial charge in [-0.15, -0.1) is 0 Å². The molecule has 1 amide bonds. The van der Waals surface area contributed by atoms with Crippen LogP contribution < -0.4 is 10.6 Å². The molecule has 2 atom stereocenters. The molecule has 0 spiro atoms. The Balaban J connectivity index is 1.85. The van der Waals surface area contributed by atoms with Gasteiger partial charge >= 0.3 is 6.09 Å². The van der Waals surface area contributed by atoms with Crippen molar-refractivity contribution in [2.24, 2.45) is 0 Å². The minimum absolute atomic E-state index is 0.144. The smallest absolute Gasteiger partial charge is 0.407 e. The van der Waals surface area contributed by atoms with E-state index in [4.69, 9.17) is 16.3 Å². The second kappa shape index (κ2) is 7.09. The van der Waals surface area contributed by atoms with E-state index >= 15 is 0 Å². The maximum atomic E-state index is 11.8. The molecular weight excluding hydrogens is 368 g/mol. The second-order valence-corrected chi connectivity index (χ2v) is 7.91. The van der Waals surface area contributed by atoms with Crippen LogP contribution in [0.2, 0.25) is 5.02 Å². The third kappa shape index (κ3) is 5.36. The Morgan fingerprint density at radius 2 is 2.00 bits per heavy atom. The number of hydrogen-bond acceptors (Lipinski definition) is 3. The monoisotopic (exact) mass is 388 g/mol. The Morgan fingerprint density at radius 1 is 1.32 bits per heavy atom. The van der Waals surface area contributed by atoms with E-state index in [-0.39, 0.29) is 12.1 Å². The molecule has 0 heterocycles. The molecule has 1 aromatic carbocycles. The summed E-state index contributed by atoms with van der Waals surface area (Å²) >= 11 is 9.54. The Morgan fingerprint density at radius 3 is 2.68 bits per heavy atom. The third-order valence-corrected chi connectivity index (χ3v) is 4.37. The Labute approximate surface area is 145 Å². The van der Waals surface area contributed by atoms with Crippen molar-refractivity contribution in [3.8, 4) is 0 Å².